The Morgan fingerprint density at radius 1 is 1.04 bits per heavy atom. The topological polar surface area (TPSA) is 121 Å². The maximum absolute atomic E-state index is 12.6. The van der Waals surface area contributed by atoms with Crippen LogP contribution in [0.4, 0.5) is 11.6 Å². The van der Waals surface area contributed by atoms with Crippen LogP contribution < -0.4 is 11.1 Å². The first-order valence-electron chi connectivity index (χ1n) is 6.86. The lowest BCUT2D eigenvalue weighted by Crippen LogP contribution is -2.18. The second kappa shape index (κ2) is 6.85. The molecule has 1 amide bonds. The fourth-order valence-electron chi connectivity index (χ4n) is 2.34. The molecule has 26 heavy (non-hydrogen) atoms. The van der Waals surface area contributed by atoms with Crippen LogP contribution in [-0.2, 0) is 0 Å². The normalized spacial score (nSPS) is 10.9. The molecule has 0 fully saturated rings. The number of carbonyl (C=O) groups is 2. The Morgan fingerprint density at radius 2 is 1.65 bits per heavy atom. The SMILES string of the molecule is Nc1nc2cc(NC(=O)c3c(Cl)c(Cl)c(Cl)c(Cl)c3C(=O)O)ccc2[nH]1. The van der Waals surface area contributed by atoms with Crippen LogP contribution in [0.2, 0.25) is 20.1 Å². The lowest BCUT2D eigenvalue weighted by Gasteiger charge is -2.14. The third-order valence-electron chi connectivity index (χ3n) is 3.47. The second-order valence-corrected chi connectivity index (χ2v) is 6.63. The van der Waals surface area contributed by atoms with E-state index in [-0.39, 0.29) is 26.0 Å². The molecule has 7 nitrogen and oxygen atoms in total. The van der Waals surface area contributed by atoms with Crippen molar-refractivity contribution in [3.05, 3.63) is 49.4 Å². The number of anilines is 2. The van der Waals surface area contributed by atoms with Crippen LogP contribution in [0.1, 0.15) is 20.7 Å². The Balaban J connectivity index is 2.07. The Bertz CT molecular complexity index is 1080. The van der Waals surface area contributed by atoms with E-state index in [4.69, 9.17) is 52.1 Å². The molecular weight excluding hydrogens is 426 g/mol. The molecule has 0 aliphatic rings. The number of nitrogens with one attached hydrogen (secondary N) is 2. The summed E-state index contributed by atoms with van der Waals surface area (Å²) in [5, 5.41) is 10.8. The van der Waals surface area contributed by atoms with E-state index in [2.05, 4.69) is 15.3 Å². The summed E-state index contributed by atoms with van der Waals surface area (Å²) >= 11 is 23.8. The van der Waals surface area contributed by atoms with Crippen molar-refractivity contribution in [3.63, 3.8) is 0 Å². The number of amides is 1. The Morgan fingerprint density at radius 3 is 2.27 bits per heavy atom. The fourth-order valence-corrected chi connectivity index (χ4v) is 3.36. The Kier molecular flexibility index (Phi) is 4.90. The Hall–Kier alpha value is -2.19. The quantitative estimate of drug-likeness (QED) is 0.352. The molecule has 0 atom stereocenters. The minimum absolute atomic E-state index is 0.218. The molecule has 0 spiro atoms. The van der Waals surface area contributed by atoms with Crippen LogP contribution in [0.25, 0.3) is 11.0 Å². The average Bonchev–Trinajstić information content (AvgIpc) is 2.94. The highest BCUT2D eigenvalue weighted by Crippen LogP contribution is 2.41. The first-order chi connectivity index (χ1) is 12.2. The molecular formula is C15H8Cl4N4O3. The number of H-pyrrole nitrogens is 1. The number of aromatic carboxylic acids is 1. The number of hydrogen-bond acceptors (Lipinski definition) is 4. The summed E-state index contributed by atoms with van der Waals surface area (Å²) in [5.74, 6) is -2.08. The van der Waals surface area contributed by atoms with E-state index in [9.17, 15) is 14.7 Å². The van der Waals surface area contributed by atoms with E-state index in [0.29, 0.717) is 16.7 Å². The van der Waals surface area contributed by atoms with Crippen LogP contribution in [0.5, 0.6) is 0 Å². The number of nitrogen functional groups attached to an aromatic ring is 1. The van der Waals surface area contributed by atoms with Crippen molar-refractivity contribution < 1.29 is 14.7 Å². The molecule has 5 N–H and O–H groups in total. The van der Waals surface area contributed by atoms with Gasteiger partial charge in [0, 0.05) is 5.69 Å². The van der Waals surface area contributed by atoms with E-state index in [1.54, 1.807) is 18.2 Å². The molecule has 0 radical (unpaired) electrons. The first kappa shape index (κ1) is 18.6. The van der Waals surface area contributed by atoms with Crippen molar-refractivity contribution >= 4 is 80.9 Å². The number of carboxylic acid groups (broad SMARTS) is 1. The zero-order valence-electron chi connectivity index (χ0n) is 12.5. The van der Waals surface area contributed by atoms with Crippen molar-refractivity contribution in [3.8, 4) is 0 Å². The molecule has 0 bridgehead atoms. The van der Waals surface area contributed by atoms with Gasteiger partial charge in [0.1, 0.15) is 0 Å². The van der Waals surface area contributed by atoms with Crippen molar-refractivity contribution in [1.29, 1.82) is 0 Å². The van der Waals surface area contributed by atoms with Crippen molar-refractivity contribution in [1.82, 2.24) is 9.97 Å². The maximum Gasteiger partial charge on any atom is 0.338 e. The summed E-state index contributed by atoms with van der Waals surface area (Å²) in [5.41, 5.74) is 6.14. The monoisotopic (exact) mass is 432 g/mol. The number of nitrogens with two attached hydrogens (primary N) is 1. The van der Waals surface area contributed by atoms with Gasteiger partial charge in [-0.2, -0.15) is 0 Å². The standard InChI is InChI=1S/C15H8Cl4N4O3/c16-9-7(8(14(25)26)10(17)12(19)11(9)18)13(24)21-4-1-2-5-6(3-4)23-15(20)22-5/h1-3H,(H,21,24)(H,25,26)(H3,20,22,23). The fraction of sp³-hybridized carbons (Fsp3) is 0. The summed E-state index contributed by atoms with van der Waals surface area (Å²) in [6.07, 6.45) is 0. The van der Waals surface area contributed by atoms with Gasteiger partial charge in [0.2, 0.25) is 0 Å². The van der Waals surface area contributed by atoms with Gasteiger partial charge in [-0.1, -0.05) is 46.4 Å². The zero-order valence-corrected chi connectivity index (χ0v) is 15.6. The minimum atomic E-state index is -1.48. The summed E-state index contributed by atoms with van der Waals surface area (Å²) in [6.45, 7) is 0. The molecule has 1 aromatic heterocycles. The number of aromatic amines is 1. The van der Waals surface area contributed by atoms with Gasteiger partial charge in [0.15, 0.2) is 5.95 Å². The average molecular weight is 434 g/mol. The van der Waals surface area contributed by atoms with Gasteiger partial charge in [-0.25, -0.2) is 9.78 Å². The Labute approximate surface area is 166 Å². The first-order valence-corrected chi connectivity index (χ1v) is 8.37. The van der Waals surface area contributed by atoms with Crippen LogP contribution in [-0.4, -0.2) is 27.0 Å². The van der Waals surface area contributed by atoms with Gasteiger partial charge in [-0.05, 0) is 18.2 Å². The van der Waals surface area contributed by atoms with Crippen LogP contribution in [0.3, 0.4) is 0 Å². The van der Waals surface area contributed by atoms with Crippen LogP contribution in [0, 0.1) is 0 Å². The van der Waals surface area contributed by atoms with Gasteiger partial charge in [0.25, 0.3) is 5.91 Å². The number of halogens is 4. The van der Waals surface area contributed by atoms with Gasteiger partial charge in [-0.3, -0.25) is 4.79 Å². The van der Waals surface area contributed by atoms with Gasteiger partial charge in [0.05, 0.1) is 42.3 Å². The lowest BCUT2D eigenvalue weighted by molar-refractivity contribution is 0.0692. The number of benzene rings is 2. The number of rotatable bonds is 3. The molecule has 3 aromatic rings. The molecule has 0 unspecified atom stereocenters. The summed E-state index contributed by atoms with van der Waals surface area (Å²) in [4.78, 5) is 31.1. The molecule has 1 heterocycles. The molecule has 134 valence electrons. The van der Waals surface area contributed by atoms with Gasteiger partial charge in [-0.15, -0.1) is 0 Å². The number of fused-ring (bicyclic) bond motifs is 1. The number of imidazole rings is 1. The number of carboxylic acids is 1. The molecule has 2 aromatic carbocycles. The smallest absolute Gasteiger partial charge is 0.338 e. The molecule has 11 heteroatoms. The minimum Gasteiger partial charge on any atom is -0.478 e. The molecule has 0 saturated carbocycles. The predicted molar refractivity (Wildman–Crippen MR) is 102 cm³/mol. The highest BCUT2D eigenvalue weighted by atomic mass is 35.5. The third-order valence-corrected chi connectivity index (χ3v) is 5.27. The van der Waals surface area contributed by atoms with Crippen molar-refractivity contribution in [2.75, 3.05) is 11.1 Å². The summed E-state index contributed by atoms with van der Waals surface area (Å²) < 4.78 is 0. The van der Waals surface area contributed by atoms with Crippen LogP contribution in [0.15, 0.2) is 18.2 Å². The molecule has 0 aliphatic heterocycles. The molecule has 0 aliphatic carbocycles. The van der Waals surface area contributed by atoms with Crippen molar-refractivity contribution in [2.45, 2.75) is 0 Å². The second-order valence-electron chi connectivity index (χ2n) is 5.12. The number of hydrogen-bond donors (Lipinski definition) is 4. The highest BCUT2D eigenvalue weighted by Gasteiger charge is 2.28. The summed E-state index contributed by atoms with van der Waals surface area (Å²) in [6, 6.07) is 4.77. The number of nitrogens with zero attached hydrogens (tertiary/aromatic N) is 1. The lowest BCUT2D eigenvalue weighted by atomic mass is 10.1. The van der Waals surface area contributed by atoms with E-state index in [1.165, 1.54) is 0 Å². The van der Waals surface area contributed by atoms with Crippen LogP contribution >= 0.6 is 46.4 Å². The third kappa shape index (κ3) is 3.14. The van der Waals surface area contributed by atoms with E-state index >= 15 is 0 Å². The van der Waals surface area contributed by atoms with E-state index in [1.807, 2.05) is 0 Å². The van der Waals surface area contributed by atoms with E-state index in [0.717, 1.165) is 0 Å². The summed E-state index contributed by atoms with van der Waals surface area (Å²) in [7, 11) is 0. The highest BCUT2D eigenvalue weighted by molar-refractivity contribution is 6.54. The van der Waals surface area contributed by atoms with Gasteiger partial charge < -0.3 is 21.1 Å². The zero-order chi connectivity index (χ0) is 19.2. The van der Waals surface area contributed by atoms with Crippen molar-refractivity contribution in [2.24, 2.45) is 0 Å². The maximum atomic E-state index is 12.6. The molecule has 0 saturated heterocycles. The predicted octanol–water partition coefficient (Wildman–Crippen LogP) is 4.71. The van der Waals surface area contributed by atoms with E-state index < -0.39 is 23.0 Å². The molecule has 3 rings (SSSR count). The number of carbonyl (C=O) groups excluding carboxylic acids is 1. The number of aromatic nitrogens is 2. The largest absolute Gasteiger partial charge is 0.478 e. The van der Waals surface area contributed by atoms with Gasteiger partial charge >= 0.3 is 5.97 Å².